The van der Waals surface area contributed by atoms with Crippen LogP contribution in [0.3, 0.4) is 0 Å². The van der Waals surface area contributed by atoms with Crippen LogP contribution >= 0.6 is 0 Å². The molecule has 0 N–H and O–H groups in total. The smallest absolute Gasteiger partial charge is 0.306 e. The quantitative estimate of drug-likeness (QED) is 0.0262. The van der Waals surface area contributed by atoms with E-state index < -0.39 is 6.10 Å². The Kier molecular flexibility index (Phi) is 54.5. The molecule has 0 bridgehead atoms. The number of unbranched alkanes of at least 4 members (excludes halogenated alkanes) is 17. The zero-order valence-electron chi connectivity index (χ0n) is 45.7. The van der Waals surface area contributed by atoms with Gasteiger partial charge in [-0.05, 0) is 141 Å². The highest BCUT2D eigenvalue weighted by Gasteiger charge is 2.19. The minimum absolute atomic E-state index is 0.114. The normalized spacial score (nSPS) is 13.1. The maximum absolute atomic E-state index is 12.9. The summed E-state index contributed by atoms with van der Waals surface area (Å²) in [5.41, 5.74) is 0. The summed E-state index contributed by atoms with van der Waals surface area (Å²) in [6, 6.07) is 0. The molecule has 0 heterocycles. The van der Waals surface area contributed by atoms with Gasteiger partial charge >= 0.3 is 17.9 Å². The van der Waals surface area contributed by atoms with E-state index in [1.165, 1.54) is 51.4 Å². The molecule has 0 aromatic rings. The van der Waals surface area contributed by atoms with E-state index in [1.54, 1.807) is 0 Å². The van der Waals surface area contributed by atoms with Gasteiger partial charge in [-0.25, -0.2) is 0 Å². The number of carbonyl (C=O) groups excluding carboxylic acids is 3. The van der Waals surface area contributed by atoms with Gasteiger partial charge in [0.25, 0.3) is 0 Å². The SMILES string of the molecule is CC/C=C\C/C=C\C/C=C\C/C=C\C/C=C\CCCCCC(=O)OC[C@H](COC(=O)CCCCCCC/C=C\C/C=C\CCCCC)OC(=O)CCCCC/C=C\C/C=C\C/C=C\C/C=C\CCCCC. The summed E-state index contributed by atoms with van der Waals surface area (Å²) in [7, 11) is 0. The molecule has 0 spiro atoms. The van der Waals surface area contributed by atoms with E-state index in [2.05, 4.69) is 154 Å². The molecule has 0 aliphatic rings. The van der Waals surface area contributed by atoms with E-state index in [4.69, 9.17) is 14.2 Å². The van der Waals surface area contributed by atoms with Gasteiger partial charge in [-0.2, -0.15) is 0 Å². The van der Waals surface area contributed by atoms with Crippen LogP contribution < -0.4 is 0 Å². The second-order valence-corrected chi connectivity index (χ2v) is 18.5. The first-order chi connectivity index (χ1) is 35.0. The third-order valence-electron chi connectivity index (χ3n) is 11.6. The van der Waals surface area contributed by atoms with E-state index >= 15 is 0 Å². The zero-order valence-corrected chi connectivity index (χ0v) is 45.7. The molecule has 0 aliphatic carbocycles. The lowest BCUT2D eigenvalue weighted by molar-refractivity contribution is -0.167. The van der Waals surface area contributed by atoms with Crippen molar-refractivity contribution >= 4 is 17.9 Å². The number of esters is 3. The molecule has 0 radical (unpaired) electrons. The van der Waals surface area contributed by atoms with Gasteiger partial charge in [0.2, 0.25) is 0 Å². The third-order valence-corrected chi connectivity index (χ3v) is 11.6. The number of allylic oxidation sites excluding steroid dienone is 22. The molecule has 1 atom stereocenters. The maximum Gasteiger partial charge on any atom is 0.306 e. The summed E-state index contributed by atoms with van der Waals surface area (Å²) in [5.74, 6) is -0.995. The molecule has 0 unspecified atom stereocenters. The Hall–Kier alpha value is -4.45. The molecule has 71 heavy (non-hydrogen) atoms. The molecular weight excluding hydrogens is 877 g/mol. The van der Waals surface area contributed by atoms with Crippen molar-refractivity contribution in [3.8, 4) is 0 Å². The lowest BCUT2D eigenvalue weighted by Crippen LogP contribution is -2.30. The van der Waals surface area contributed by atoms with E-state index in [9.17, 15) is 14.4 Å². The van der Waals surface area contributed by atoms with Gasteiger partial charge in [0.15, 0.2) is 6.10 Å². The summed E-state index contributed by atoms with van der Waals surface area (Å²) < 4.78 is 16.8. The summed E-state index contributed by atoms with van der Waals surface area (Å²) >= 11 is 0. The summed E-state index contributed by atoms with van der Waals surface area (Å²) in [4.78, 5) is 38.2. The molecule has 0 aromatic carbocycles. The van der Waals surface area contributed by atoms with Gasteiger partial charge < -0.3 is 14.2 Å². The predicted molar refractivity (Wildman–Crippen MR) is 306 cm³/mol. The van der Waals surface area contributed by atoms with Crippen LogP contribution in [0, 0.1) is 0 Å². The van der Waals surface area contributed by atoms with E-state index in [-0.39, 0.29) is 37.5 Å². The number of carbonyl (C=O) groups is 3. The van der Waals surface area contributed by atoms with Crippen LogP contribution in [0.5, 0.6) is 0 Å². The van der Waals surface area contributed by atoms with Crippen molar-refractivity contribution < 1.29 is 28.6 Å². The number of hydrogen-bond donors (Lipinski definition) is 0. The van der Waals surface area contributed by atoms with Gasteiger partial charge in [-0.1, -0.05) is 212 Å². The van der Waals surface area contributed by atoms with Crippen LogP contribution in [0.15, 0.2) is 134 Å². The first-order valence-corrected chi connectivity index (χ1v) is 28.7. The standard InChI is InChI=1S/C65H104O6/c1-4-7-10-13-16-19-22-25-28-30-32-34-37-40-43-46-49-52-55-58-64(67)70-61-62(60-69-63(66)57-54-51-48-45-42-39-36-27-24-21-18-15-12-9-6-3)71-65(68)59-56-53-50-47-44-41-38-35-33-31-29-26-23-20-17-14-11-8-5-2/h7,10,16-21,25-29,32-36,40-41,43-44,62H,4-6,8-9,11-15,22-24,30-31,37-39,42,45-61H2,1-3H3/b10-7-,19-16-,20-17-,21-18-,28-25-,29-26-,34-32-,35-33-,36-27-,43-40-,44-41-/t62-/m0/s1. The number of rotatable bonds is 50. The molecule has 0 saturated carbocycles. The predicted octanol–water partition coefficient (Wildman–Crippen LogP) is 19.4. The Bertz CT molecular complexity index is 1550. The fourth-order valence-corrected chi connectivity index (χ4v) is 7.30. The summed E-state index contributed by atoms with van der Waals surface area (Å²) in [5, 5.41) is 0. The zero-order chi connectivity index (χ0) is 51.4. The van der Waals surface area contributed by atoms with Gasteiger partial charge in [0.1, 0.15) is 13.2 Å². The van der Waals surface area contributed by atoms with E-state index in [0.29, 0.717) is 19.3 Å². The highest BCUT2D eigenvalue weighted by molar-refractivity contribution is 5.71. The van der Waals surface area contributed by atoms with Crippen LogP contribution in [0.4, 0.5) is 0 Å². The number of ether oxygens (including phenoxy) is 3. The van der Waals surface area contributed by atoms with Crippen molar-refractivity contribution in [1.82, 2.24) is 0 Å². The molecule has 0 aromatic heterocycles. The fraction of sp³-hybridized carbons (Fsp3) is 0.615. The van der Waals surface area contributed by atoms with Crippen molar-refractivity contribution in [2.45, 2.75) is 245 Å². The Labute approximate surface area is 436 Å². The van der Waals surface area contributed by atoms with Gasteiger partial charge in [0.05, 0.1) is 0 Å². The third kappa shape index (κ3) is 56.3. The monoisotopic (exact) mass is 981 g/mol. The first kappa shape index (κ1) is 66.6. The van der Waals surface area contributed by atoms with Crippen LogP contribution in [0.25, 0.3) is 0 Å². The lowest BCUT2D eigenvalue weighted by atomic mass is 10.1. The van der Waals surface area contributed by atoms with Crippen LogP contribution in [0.2, 0.25) is 0 Å². The second kappa shape index (κ2) is 58.1. The van der Waals surface area contributed by atoms with Gasteiger partial charge in [0, 0.05) is 19.3 Å². The molecule has 0 saturated heterocycles. The lowest BCUT2D eigenvalue weighted by Gasteiger charge is -2.18. The molecule has 0 aliphatic heterocycles. The highest BCUT2D eigenvalue weighted by Crippen LogP contribution is 2.12. The van der Waals surface area contributed by atoms with E-state index in [0.717, 1.165) is 141 Å². The highest BCUT2D eigenvalue weighted by atomic mass is 16.6. The Morgan fingerprint density at radius 3 is 0.873 bits per heavy atom. The molecule has 0 amide bonds. The number of hydrogen-bond acceptors (Lipinski definition) is 6. The topological polar surface area (TPSA) is 78.9 Å². The van der Waals surface area contributed by atoms with Gasteiger partial charge in [-0.3, -0.25) is 14.4 Å². The maximum atomic E-state index is 12.9. The fourth-order valence-electron chi connectivity index (χ4n) is 7.30. The molecule has 400 valence electrons. The van der Waals surface area contributed by atoms with Crippen LogP contribution in [-0.2, 0) is 28.6 Å². The van der Waals surface area contributed by atoms with Crippen molar-refractivity contribution in [1.29, 1.82) is 0 Å². The van der Waals surface area contributed by atoms with Crippen molar-refractivity contribution in [3.05, 3.63) is 134 Å². The summed E-state index contributed by atoms with van der Waals surface area (Å²) in [6.07, 6.45) is 81.5. The summed E-state index contributed by atoms with van der Waals surface area (Å²) in [6.45, 7) is 6.39. The Balaban J connectivity index is 4.56. The molecular formula is C65H104O6. The van der Waals surface area contributed by atoms with Crippen LogP contribution in [-0.4, -0.2) is 37.2 Å². The minimum Gasteiger partial charge on any atom is -0.462 e. The van der Waals surface area contributed by atoms with Crippen molar-refractivity contribution in [3.63, 3.8) is 0 Å². The molecule has 0 rings (SSSR count). The molecule has 6 nitrogen and oxygen atoms in total. The van der Waals surface area contributed by atoms with Crippen molar-refractivity contribution in [2.75, 3.05) is 13.2 Å². The largest absolute Gasteiger partial charge is 0.462 e. The Morgan fingerprint density at radius 2 is 0.549 bits per heavy atom. The van der Waals surface area contributed by atoms with Crippen LogP contribution in [0.1, 0.15) is 239 Å². The minimum atomic E-state index is -0.820. The van der Waals surface area contributed by atoms with Gasteiger partial charge in [-0.15, -0.1) is 0 Å². The van der Waals surface area contributed by atoms with E-state index in [1.807, 2.05) is 0 Å². The second-order valence-electron chi connectivity index (χ2n) is 18.5. The molecule has 6 heteroatoms. The average Bonchev–Trinajstić information content (AvgIpc) is 3.37. The molecule has 0 fully saturated rings. The average molecular weight is 982 g/mol. The van der Waals surface area contributed by atoms with Crippen molar-refractivity contribution in [2.24, 2.45) is 0 Å². The Morgan fingerprint density at radius 1 is 0.296 bits per heavy atom. The first-order valence-electron chi connectivity index (χ1n) is 28.7.